The van der Waals surface area contributed by atoms with Crippen LogP contribution in [0.3, 0.4) is 0 Å². The summed E-state index contributed by atoms with van der Waals surface area (Å²) in [5.74, 6) is -0.439. The molecule has 1 amide bonds. The predicted octanol–water partition coefficient (Wildman–Crippen LogP) is 5.60. The second-order valence-electron chi connectivity index (χ2n) is 11.4. The number of carbonyl (C=O) groups excluding carboxylic acids is 1. The van der Waals surface area contributed by atoms with Crippen LogP contribution in [0.15, 0.2) is 42.5 Å². The number of phenolic OH excluding ortho intramolecular Hbond substituents is 1. The van der Waals surface area contributed by atoms with Gasteiger partial charge in [0.2, 0.25) is 5.91 Å². The van der Waals surface area contributed by atoms with Crippen LogP contribution in [-0.2, 0) is 26.8 Å². The second kappa shape index (κ2) is 10.5. The Morgan fingerprint density at radius 3 is 1.89 bits per heavy atom. The molecule has 2 rings (SSSR count). The quantitative estimate of drug-likeness (QED) is 0.427. The zero-order valence-corrected chi connectivity index (χ0v) is 22.2. The molecule has 0 saturated carbocycles. The maximum Gasteiger partial charge on any atom is 0.347 e. The number of hydrogen-bond donors (Lipinski definition) is 3. The summed E-state index contributed by atoms with van der Waals surface area (Å²) in [5.41, 5.74) is 1.79. The summed E-state index contributed by atoms with van der Waals surface area (Å²) < 4.78 is 5.51. The van der Waals surface area contributed by atoms with E-state index in [1.165, 1.54) is 19.9 Å². The minimum atomic E-state index is -1.30. The Balaban J connectivity index is 2.01. The van der Waals surface area contributed by atoms with E-state index in [1.54, 1.807) is 18.2 Å². The van der Waals surface area contributed by atoms with Gasteiger partial charge in [0.15, 0.2) is 5.60 Å². The maximum atomic E-state index is 12.4. The van der Waals surface area contributed by atoms with Crippen LogP contribution in [0.4, 0.5) is 0 Å². The van der Waals surface area contributed by atoms with Crippen LogP contribution in [0.5, 0.6) is 11.5 Å². The van der Waals surface area contributed by atoms with Crippen molar-refractivity contribution in [1.82, 2.24) is 5.32 Å². The summed E-state index contributed by atoms with van der Waals surface area (Å²) in [6, 6.07) is 11.0. The highest BCUT2D eigenvalue weighted by Gasteiger charge is 2.29. The van der Waals surface area contributed by atoms with Crippen LogP contribution >= 0.6 is 0 Å². The van der Waals surface area contributed by atoms with Gasteiger partial charge in [-0.2, -0.15) is 0 Å². The number of aliphatic carboxylic acids is 1. The molecule has 0 aliphatic carbocycles. The Morgan fingerprint density at radius 2 is 1.43 bits per heavy atom. The van der Waals surface area contributed by atoms with Crippen molar-refractivity contribution in [1.29, 1.82) is 0 Å². The molecular formula is C29H39NO5. The van der Waals surface area contributed by atoms with E-state index < -0.39 is 11.6 Å². The SMILES string of the molecule is CC(C)(Oc1ccc(CCNC(=O)C=Cc2cc(C(C)(C)C)c(O)c(C(C)(C)C)c2)cc1)C(=O)O. The van der Waals surface area contributed by atoms with Gasteiger partial charge in [-0.1, -0.05) is 53.7 Å². The van der Waals surface area contributed by atoms with Gasteiger partial charge in [-0.15, -0.1) is 0 Å². The standard InChI is InChI=1S/C29H39NO5/c1-27(2,3)22-17-20(18-23(25(22)32)28(4,5)6)11-14-24(31)30-16-15-19-9-12-21(13-10-19)35-29(7,8)26(33)34/h9-14,17-18,32H,15-16H2,1-8H3,(H,30,31)(H,33,34). The molecule has 2 aromatic carbocycles. The van der Waals surface area contributed by atoms with Gasteiger partial charge in [-0.25, -0.2) is 4.79 Å². The molecule has 0 atom stereocenters. The first-order valence-corrected chi connectivity index (χ1v) is 11.9. The van der Waals surface area contributed by atoms with Gasteiger partial charge in [0.1, 0.15) is 11.5 Å². The molecule has 0 spiro atoms. The van der Waals surface area contributed by atoms with Crippen molar-refractivity contribution < 1.29 is 24.5 Å². The number of hydrogen-bond acceptors (Lipinski definition) is 4. The first-order valence-electron chi connectivity index (χ1n) is 11.9. The number of rotatable bonds is 8. The van der Waals surface area contributed by atoms with Crippen LogP contribution < -0.4 is 10.1 Å². The molecule has 0 aliphatic rings. The first-order chi connectivity index (χ1) is 16.0. The van der Waals surface area contributed by atoms with E-state index >= 15 is 0 Å². The number of phenols is 1. The molecule has 0 unspecified atom stereocenters. The highest BCUT2D eigenvalue weighted by Crippen LogP contribution is 2.40. The van der Waals surface area contributed by atoms with E-state index in [0.29, 0.717) is 24.5 Å². The van der Waals surface area contributed by atoms with E-state index in [2.05, 4.69) is 46.9 Å². The van der Waals surface area contributed by atoms with Gasteiger partial charge < -0.3 is 20.3 Å². The van der Waals surface area contributed by atoms with Crippen LogP contribution in [0.25, 0.3) is 6.08 Å². The van der Waals surface area contributed by atoms with Crippen LogP contribution in [0.1, 0.15) is 77.6 Å². The molecule has 0 saturated heterocycles. The third-order valence-corrected chi connectivity index (χ3v) is 5.70. The molecule has 0 heterocycles. The lowest BCUT2D eigenvalue weighted by atomic mass is 9.78. The molecule has 0 aliphatic heterocycles. The van der Waals surface area contributed by atoms with Gasteiger partial charge in [0, 0.05) is 23.7 Å². The zero-order valence-electron chi connectivity index (χ0n) is 22.2. The van der Waals surface area contributed by atoms with Crippen LogP contribution in [0.2, 0.25) is 0 Å². The summed E-state index contributed by atoms with van der Waals surface area (Å²) in [6.45, 7) is 15.8. The number of aromatic hydroxyl groups is 1. The Labute approximate surface area is 209 Å². The number of amides is 1. The largest absolute Gasteiger partial charge is 0.507 e. The minimum absolute atomic E-state index is 0.198. The van der Waals surface area contributed by atoms with Gasteiger partial charge in [0.25, 0.3) is 0 Å². The number of ether oxygens (including phenoxy) is 1. The second-order valence-corrected chi connectivity index (χ2v) is 11.4. The summed E-state index contributed by atoms with van der Waals surface area (Å²) in [6.07, 6.45) is 3.91. The molecule has 6 nitrogen and oxygen atoms in total. The number of carbonyl (C=O) groups is 2. The Hall–Kier alpha value is -3.28. The molecule has 0 bridgehead atoms. The number of benzene rings is 2. The smallest absolute Gasteiger partial charge is 0.347 e. The van der Waals surface area contributed by atoms with Crippen molar-refractivity contribution in [2.75, 3.05) is 6.54 Å². The van der Waals surface area contributed by atoms with Crippen molar-refractivity contribution in [3.63, 3.8) is 0 Å². The summed E-state index contributed by atoms with van der Waals surface area (Å²) in [7, 11) is 0. The van der Waals surface area contributed by atoms with Crippen LogP contribution in [-0.4, -0.2) is 34.2 Å². The number of carboxylic acids is 1. The summed E-state index contributed by atoms with van der Waals surface area (Å²) in [4.78, 5) is 23.6. The highest BCUT2D eigenvalue weighted by atomic mass is 16.5. The maximum absolute atomic E-state index is 12.4. The molecule has 0 fully saturated rings. The first kappa shape index (κ1) is 28.0. The monoisotopic (exact) mass is 481 g/mol. The van der Waals surface area contributed by atoms with E-state index in [1.807, 2.05) is 24.3 Å². The van der Waals surface area contributed by atoms with E-state index in [0.717, 1.165) is 22.3 Å². The molecule has 2 aromatic rings. The van der Waals surface area contributed by atoms with Crippen molar-refractivity contribution in [2.24, 2.45) is 0 Å². The molecule has 190 valence electrons. The lowest BCUT2D eigenvalue weighted by Crippen LogP contribution is -2.37. The van der Waals surface area contributed by atoms with Crippen molar-refractivity contribution in [2.45, 2.75) is 78.2 Å². The van der Waals surface area contributed by atoms with Crippen molar-refractivity contribution in [3.05, 3.63) is 64.7 Å². The number of carboxylic acid groups (broad SMARTS) is 1. The molecular weight excluding hydrogens is 442 g/mol. The summed E-state index contributed by atoms with van der Waals surface area (Å²) >= 11 is 0. The van der Waals surface area contributed by atoms with Gasteiger partial charge >= 0.3 is 5.97 Å². The Morgan fingerprint density at radius 1 is 0.914 bits per heavy atom. The van der Waals surface area contributed by atoms with Gasteiger partial charge in [-0.3, -0.25) is 4.79 Å². The third-order valence-electron chi connectivity index (χ3n) is 5.70. The molecule has 0 radical (unpaired) electrons. The zero-order chi connectivity index (χ0) is 26.6. The molecule has 6 heteroatoms. The Kier molecular flexibility index (Phi) is 8.43. The molecule has 3 N–H and O–H groups in total. The fraction of sp³-hybridized carbons (Fsp3) is 0.448. The van der Waals surface area contributed by atoms with E-state index in [-0.39, 0.29) is 16.7 Å². The summed E-state index contributed by atoms with van der Waals surface area (Å²) in [5, 5.41) is 22.9. The number of nitrogens with one attached hydrogen (secondary N) is 1. The molecule has 35 heavy (non-hydrogen) atoms. The Bertz CT molecular complexity index is 1050. The fourth-order valence-electron chi connectivity index (χ4n) is 3.52. The normalized spacial score (nSPS) is 12.6. The third kappa shape index (κ3) is 7.88. The predicted molar refractivity (Wildman–Crippen MR) is 140 cm³/mol. The minimum Gasteiger partial charge on any atom is -0.507 e. The lowest BCUT2D eigenvalue weighted by molar-refractivity contribution is -0.152. The van der Waals surface area contributed by atoms with Gasteiger partial charge in [0.05, 0.1) is 0 Å². The van der Waals surface area contributed by atoms with Crippen molar-refractivity contribution in [3.8, 4) is 11.5 Å². The van der Waals surface area contributed by atoms with E-state index in [4.69, 9.17) is 4.74 Å². The topological polar surface area (TPSA) is 95.9 Å². The van der Waals surface area contributed by atoms with Crippen LogP contribution in [0, 0.1) is 0 Å². The highest BCUT2D eigenvalue weighted by molar-refractivity contribution is 5.91. The van der Waals surface area contributed by atoms with E-state index in [9.17, 15) is 19.8 Å². The fourth-order valence-corrected chi connectivity index (χ4v) is 3.52. The van der Waals surface area contributed by atoms with Crippen molar-refractivity contribution >= 4 is 18.0 Å². The van der Waals surface area contributed by atoms with Gasteiger partial charge in [-0.05, 0) is 72.6 Å². The average molecular weight is 482 g/mol. The average Bonchev–Trinajstić information content (AvgIpc) is 2.72. The molecule has 0 aromatic heterocycles. The lowest BCUT2D eigenvalue weighted by Gasteiger charge is -2.27.